The third kappa shape index (κ3) is 2.13. The summed E-state index contributed by atoms with van der Waals surface area (Å²) in [6.45, 7) is 6.02. The SMILES string of the molecule is CC1=C2CCc3c(nn(C)c3-c3cccc(C)c3)[C@@]2(C)C=C(C#N)C1=O. The molecule has 4 rings (SSSR count). The van der Waals surface area contributed by atoms with Gasteiger partial charge in [0.25, 0.3) is 0 Å². The van der Waals surface area contributed by atoms with Crippen LogP contribution in [0.25, 0.3) is 11.3 Å². The number of hydrogen-bond acceptors (Lipinski definition) is 3. The highest BCUT2D eigenvalue weighted by Crippen LogP contribution is 2.48. The molecule has 1 atom stereocenters. The first kappa shape index (κ1) is 16.5. The third-order valence-corrected chi connectivity index (χ3v) is 5.77. The molecule has 4 nitrogen and oxygen atoms in total. The summed E-state index contributed by atoms with van der Waals surface area (Å²) >= 11 is 0. The maximum atomic E-state index is 12.4. The number of carbonyl (C=O) groups is 1. The average Bonchev–Trinajstić information content (AvgIpc) is 2.95. The van der Waals surface area contributed by atoms with Crippen molar-refractivity contribution in [3.63, 3.8) is 0 Å². The van der Waals surface area contributed by atoms with Crippen LogP contribution in [0, 0.1) is 18.3 Å². The van der Waals surface area contributed by atoms with Gasteiger partial charge in [-0.25, -0.2) is 0 Å². The van der Waals surface area contributed by atoms with E-state index in [0.29, 0.717) is 5.57 Å². The lowest BCUT2D eigenvalue weighted by Gasteiger charge is -2.37. The minimum absolute atomic E-state index is 0.140. The Labute approximate surface area is 153 Å². The lowest BCUT2D eigenvalue weighted by atomic mass is 9.65. The summed E-state index contributed by atoms with van der Waals surface area (Å²) in [6, 6.07) is 10.5. The Balaban J connectivity index is 1.98. The molecule has 0 saturated carbocycles. The molecule has 0 amide bonds. The number of allylic oxidation sites excluding steroid dienone is 4. The highest BCUT2D eigenvalue weighted by atomic mass is 16.1. The van der Waals surface area contributed by atoms with Gasteiger partial charge in [-0.3, -0.25) is 9.48 Å². The molecule has 0 aliphatic heterocycles. The molecule has 4 heteroatoms. The van der Waals surface area contributed by atoms with Gasteiger partial charge in [0.05, 0.1) is 22.4 Å². The Hall–Kier alpha value is -2.93. The standard InChI is InChI=1S/C22H21N3O/c1-13-6-5-7-15(10-13)19-17-8-9-18-14(2)20(26)16(12-23)11-22(18,3)21(17)24-25(19)4/h5-7,10-11H,8-9H2,1-4H3/t22-/m0/s1. The fourth-order valence-electron chi connectivity index (χ4n) is 4.54. The summed E-state index contributed by atoms with van der Waals surface area (Å²) < 4.78 is 1.94. The molecule has 1 heterocycles. The number of benzene rings is 1. The summed E-state index contributed by atoms with van der Waals surface area (Å²) in [5, 5.41) is 14.3. The Morgan fingerprint density at radius 1 is 1.27 bits per heavy atom. The van der Waals surface area contributed by atoms with E-state index >= 15 is 0 Å². The molecule has 1 aromatic heterocycles. The van der Waals surface area contributed by atoms with Gasteiger partial charge in [-0.1, -0.05) is 23.8 Å². The largest absolute Gasteiger partial charge is 0.288 e. The van der Waals surface area contributed by atoms with Gasteiger partial charge in [0.15, 0.2) is 5.78 Å². The van der Waals surface area contributed by atoms with Gasteiger partial charge in [0.2, 0.25) is 0 Å². The van der Waals surface area contributed by atoms with Crippen LogP contribution in [-0.4, -0.2) is 15.6 Å². The van der Waals surface area contributed by atoms with E-state index in [2.05, 4.69) is 44.2 Å². The van der Waals surface area contributed by atoms with Gasteiger partial charge in [-0.2, -0.15) is 10.4 Å². The number of nitriles is 1. The predicted octanol–water partition coefficient (Wildman–Crippen LogP) is 3.95. The van der Waals surface area contributed by atoms with Gasteiger partial charge in [-0.05, 0) is 56.9 Å². The second-order valence-corrected chi connectivity index (χ2v) is 7.47. The number of aryl methyl sites for hydroxylation is 2. The van der Waals surface area contributed by atoms with Crippen LogP contribution in [0.2, 0.25) is 0 Å². The van der Waals surface area contributed by atoms with Crippen molar-refractivity contribution < 1.29 is 4.79 Å². The number of nitrogens with zero attached hydrogens (tertiary/aromatic N) is 3. The lowest BCUT2D eigenvalue weighted by molar-refractivity contribution is -0.112. The number of aromatic nitrogens is 2. The molecule has 0 spiro atoms. The van der Waals surface area contributed by atoms with Crippen LogP contribution in [0.5, 0.6) is 0 Å². The molecule has 0 N–H and O–H groups in total. The predicted molar refractivity (Wildman–Crippen MR) is 100 cm³/mol. The topological polar surface area (TPSA) is 58.7 Å². The quantitative estimate of drug-likeness (QED) is 0.788. The molecule has 2 aliphatic carbocycles. The number of carbonyl (C=O) groups excluding carboxylic acids is 1. The number of rotatable bonds is 1. The summed E-state index contributed by atoms with van der Waals surface area (Å²) in [4.78, 5) is 12.4. The maximum Gasteiger partial charge on any atom is 0.198 e. The van der Waals surface area contributed by atoms with E-state index in [9.17, 15) is 10.1 Å². The van der Waals surface area contributed by atoms with E-state index in [1.54, 1.807) is 0 Å². The molecule has 0 bridgehead atoms. The fourth-order valence-corrected chi connectivity index (χ4v) is 4.54. The molecule has 26 heavy (non-hydrogen) atoms. The highest BCUT2D eigenvalue weighted by Gasteiger charge is 2.44. The molecule has 2 aromatic rings. The van der Waals surface area contributed by atoms with Crippen molar-refractivity contribution in [3.05, 3.63) is 63.9 Å². The first-order chi connectivity index (χ1) is 12.4. The van der Waals surface area contributed by atoms with Crippen LogP contribution in [-0.2, 0) is 23.7 Å². The van der Waals surface area contributed by atoms with E-state index in [4.69, 9.17) is 5.10 Å². The van der Waals surface area contributed by atoms with Crippen LogP contribution >= 0.6 is 0 Å². The Kier molecular flexibility index (Phi) is 3.52. The zero-order chi connectivity index (χ0) is 18.6. The van der Waals surface area contributed by atoms with Crippen molar-refractivity contribution in [3.8, 4) is 17.3 Å². The van der Waals surface area contributed by atoms with E-state index in [0.717, 1.165) is 35.4 Å². The summed E-state index contributed by atoms with van der Waals surface area (Å²) in [5.74, 6) is -0.140. The van der Waals surface area contributed by atoms with Crippen LogP contribution in [0.3, 0.4) is 0 Å². The number of hydrogen-bond donors (Lipinski definition) is 0. The molecule has 130 valence electrons. The van der Waals surface area contributed by atoms with Gasteiger partial charge < -0.3 is 0 Å². The molecule has 2 aliphatic rings. The summed E-state index contributed by atoms with van der Waals surface area (Å²) in [7, 11) is 1.97. The van der Waals surface area contributed by atoms with Crippen molar-refractivity contribution in [2.45, 2.75) is 39.0 Å². The second kappa shape index (κ2) is 5.54. The lowest BCUT2D eigenvalue weighted by Crippen LogP contribution is -2.34. The molecule has 1 aromatic carbocycles. The normalized spacial score (nSPS) is 21.8. The minimum atomic E-state index is -0.490. The zero-order valence-corrected chi connectivity index (χ0v) is 15.6. The maximum absolute atomic E-state index is 12.4. The first-order valence-electron chi connectivity index (χ1n) is 8.88. The molecular formula is C22H21N3O. The first-order valence-corrected chi connectivity index (χ1v) is 8.88. The number of ketones is 1. The van der Waals surface area contributed by atoms with Crippen molar-refractivity contribution >= 4 is 5.78 Å². The van der Waals surface area contributed by atoms with Crippen molar-refractivity contribution in [2.75, 3.05) is 0 Å². The van der Waals surface area contributed by atoms with Crippen LogP contribution in [0.15, 0.2) is 47.1 Å². The number of fused-ring (bicyclic) bond motifs is 3. The van der Waals surface area contributed by atoms with E-state index in [-0.39, 0.29) is 11.4 Å². The Morgan fingerprint density at radius 2 is 2.04 bits per heavy atom. The molecule has 0 fully saturated rings. The Bertz CT molecular complexity index is 1060. The fraction of sp³-hybridized carbons (Fsp3) is 0.318. The zero-order valence-electron chi connectivity index (χ0n) is 15.6. The van der Waals surface area contributed by atoms with Crippen molar-refractivity contribution in [1.82, 2.24) is 9.78 Å². The average molecular weight is 343 g/mol. The van der Waals surface area contributed by atoms with E-state index in [1.807, 2.05) is 24.7 Å². The molecular weight excluding hydrogens is 322 g/mol. The van der Waals surface area contributed by atoms with Crippen LogP contribution < -0.4 is 0 Å². The van der Waals surface area contributed by atoms with Crippen LogP contribution in [0.1, 0.15) is 37.1 Å². The van der Waals surface area contributed by atoms with Crippen LogP contribution in [0.4, 0.5) is 0 Å². The Morgan fingerprint density at radius 3 is 2.73 bits per heavy atom. The van der Waals surface area contributed by atoms with Gasteiger partial charge >= 0.3 is 0 Å². The minimum Gasteiger partial charge on any atom is -0.288 e. The summed E-state index contributed by atoms with van der Waals surface area (Å²) in [6.07, 6.45) is 3.50. The smallest absolute Gasteiger partial charge is 0.198 e. The van der Waals surface area contributed by atoms with Crippen molar-refractivity contribution in [2.24, 2.45) is 7.05 Å². The third-order valence-electron chi connectivity index (χ3n) is 5.77. The highest BCUT2D eigenvalue weighted by molar-refractivity contribution is 6.12. The van der Waals surface area contributed by atoms with Gasteiger partial charge in [0.1, 0.15) is 6.07 Å². The number of Topliss-reactive ketones (excluding diaryl/α,β-unsaturated/α-hetero) is 1. The van der Waals surface area contributed by atoms with Gasteiger partial charge in [0, 0.05) is 18.2 Å². The second-order valence-electron chi connectivity index (χ2n) is 7.47. The van der Waals surface area contributed by atoms with E-state index in [1.165, 1.54) is 11.1 Å². The molecule has 0 saturated heterocycles. The molecule has 0 unspecified atom stereocenters. The van der Waals surface area contributed by atoms with Gasteiger partial charge in [-0.15, -0.1) is 0 Å². The summed E-state index contributed by atoms with van der Waals surface area (Å²) in [5.41, 5.74) is 7.24. The van der Waals surface area contributed by atoms with E-state index < -0.39 is 5.41 Å². The molecule has 0 radical (unpaired) electrons. The van der Waals surface area contributed by atoms with Crippen molar-refractivity contribution in [1.29, 1.82) is 5.26 Å². The monoisotopic (exact) mass is 343 g/mol.